The van der Waals surface area contributed by atoms with E-state index in [9.17, 15) is 9.18 Å². The number of carbonyl (C=O) groups excluding carboxylic acids is 1. The predicted molar refractivity (Wildman–Crippen MR) is 114 cm³/mol. The van der Waals surface area contributed by atoms with E-state index in [4.69, 9.17) is 16.3 Å². The number of carbonyl (C=O) groups is 1. The number of aromatic nitrogens is 3. The Morgan fingerprint density at radius 1 is 1.17 bits per heavy atom. The van der Waals surface area contributed by atoms with Gasteiger partial charge in [-0.05, 0) is 41.3 Å². The zero-order chi connectivity index (χ0) is 20.9. The SMILES string of the molecule is O=C(Nc1ncn(Cc2ccc(Cl)cc2)n1)c1cc(COc2ccccc2F)cs1. The van der Waals surface area contributed by atoms with Crippen molar-refractivity contribution in [1.82, 2.24) is 14.8 Å². The molecule has 0 aliphatic rings. The summed E-state index contributed by atoms with van der Waals surface area (Å²) in [7, 11) is 0. The minimum absolute atomic E-state index is 0.165. The molecule has 4 aromatic rings. The lowest BCUT2D eigenvalue weighted by molar-refractivity contribution is 0.102. The smallest absolute Gasteiger partial charge is 0.268 e. The van der Waals surface area contributed by atoms with Gasteiger partial charge >= 0.3 is 0 Å². The largest absolute Gasteiger partial charge is 0.486 e. The minimum Gasteiger partial charge on any atom is -0.486 e. The molecular weight excluding hydrogens is 427 g/mol. The molecule has 0 saturated heterocycles. The second-order valence-corrected chi connectivity index (χ2v) is 7.73. The number of rotatable bonds is 7. The van der Waals surface area contributed by atoms with Crippen molar-refractivity contribution in [1.29, 1.82) is 0 Å². The fourth-order valence-electron chi connectivity index (χ4n) is 2.66. The van der Waals surface area contributed by atoms with Crippen molar-refractivity contribution in [3.8, 4) is 5.75 Å². The molecule has 4 rings (SSSR count). The van der Waals surface area contributed by atoms with Crippen LogP contribution in [0.2, 0.25) is 5.02 Å². The number of ether oxygens (including phenoxy) is 1. The molecule has 0 radical (unpaired) electrons. The van der Waals surface area contributed by atoms with Gasteiger partial charge in [0.15, 0.2) is 11.6 Å². The predicted octanol–water partition coefficient (Wildman–Crippen LogP) is 5.01. The second-order valence-electron chi connectivity index (χ2n) is 6.38. The van der Waals surface area contributed by atoms with Crippen molar-refractivity contribution in [2.45, 2.75) is 13.2 Å². The molecule has 2 heterocycles. The highest BCUT2D eigenvalue weighted by atomic mass is 35.5. The standard InChI is InChI=1S/C21H16ClFN4O2S/c22-16-7-5-14(6-8-16)10-27-13-24-21(26-27)25-20(28)19-9-15(12-30-19)11-29-18-4-2-1-3-17(18)23/h1-9,12-13H,10-11H2,(H,25,26,28). The average Bonchev–Trinajstić information content (AvgIpc) is 3.39. The van der Waals surface area contributed by atoms with Crippen LogP contribution in [-0.2, 0) is 13.2 Å². The van der Waals surface area contributed by atoms with Crippen molar-refractivity contribution >= 4 is 34.8 Å². The fraction of sp³-hybridized carbons (Fsp3) is 0.0952. The van der Waals surface area contributed by atoms with Gasteiger partial charge < -0.3 is 4.74 Å². The van der Waals surface area contributed by atoms with E-state index < -0.39 is 5.82 Å². The molecule has 0 unspecified atom stereocenters. The summed E-state index contributed by atoms with van der Waals surface area (Å²) in [6.45, 7) is 0.676. The van der Waals surface area contributed by atoms with Crippen LogP contribution in [0.5, 0.6) is 5.75 Å². The van der Waals surface area contributed by atoms with E-state index in [-0.39, 0.29) is 24.2 Å². The van der Waals surface area contributed by atoms with E-state index >= 15 is 0 Å². The molecule has 9 heteroatoms. The van der Waals surface area contributed by atoms with Gasteiger partial charge in [-0.15, -0.1) is 16.4 Å². The number of halogens is 2. The summed E-state index contributed by atoms with van der Waals surface area (Å²) >= 11 is 7.15. The molecule has 1 N–H and O–H groups in total. The van der Waals surface area contributed by atoms with Gasteiger partial charge in [0.1, 0.15) is 12.9 Å². The maximum Gasteiger partial charge on any atom is 0.268 e. The Bertz CT molecular complexity index is 1160. The molecule has 0 aliphatic carbocycles. The number of nitrogens with zero attached hydrogens (tertiary/aromatic N) is 3. The first-order chi connectivity index (χ1) is 14.6. The minimum atomic E-state index is -0.425. The van der Waals surface area contributed by atoms with Crippen LogP contribution in [0.3, 0.4) is 0 Å². The Morgan fingerprint density at radius 2 is 1.97 bits per heavy atom. The molecule has 2 aromatic heterocycles. The van der Waals surface area contributed by atoms with Gasteiger partial charge in [-0.25, -0.2) is 14.1 Å². The molecule has 0 fully saturated rings. The molecule has 1 amide bonds. The summed E-state index contributed by atoms with van der Waals surface area (Å²) in [5, 5.41) is 9.40. The number of thiophene rings is 1. The highest BCUT2D eigenvalue weighted by molar-refractivity contribution is 7.12. The van der Waals surface area contributed by atoms with Gasteiger partial charge in [0.2, 0.25) is 5.95 Å². The van der Waals surface area contributed by atoms with Crippen LogP contribution in [0.25, 0.3) is 0 Å². The molecule has 0 saturated carbocycles. The topological polar surface area (TPSA) is 69.0 Å². The first kappa shape index (κ1) is 20.1. The molecule has 0 atom stereocenters. The van der Waals surface area contributed by atoms with E-state index in [0.29, 0.717) is 16.4 Å². The van der Waals surface area contributed by atoms with E-state index in [2.05, 4.69) is 15.4 Å². The molecular formula is C21H16ClFN4O2S. The van der Waals surface area contributed by atoms with Crippen LogP contribution in [-0.4, -0.2) is 20.7 Å². The first-order valence-electron chi connectivity index (χ1n) is 8.97. The third-order valence-electron chi connectivity index (χ3n) is 4.13. The fourth-order valence-corrected chi connectivity index (χ4v) is 3.58. The van der Waals surface area contributed by atoms with E-state index in [1.165, 1.54) is 17.4 Å². The number of benzene rings is 2. The van der Waals surface area contributed by atoms with E-state index in [1.807, 2.05) is 12.1 Å². The molecule has 6 nitrogen and oxygen atoms in total. The van der Waals surface area contributed by atoms with Crippen LogP contribution >= 0.6 is 22.9 Å². The highest BCUT2D eigenvalue weighted by Crippen LogP contribution is 2.20. The van der Waals surface area contributed by atoms with Crippen LogP contribution in [0.1, 0.15) is 20.8 Å². The monoisotopic (exact) mass is 442 g/mol. The lowest BCUT2D eigenvalue weighted by atomic mass is 10.2. The van der Waals surface area contributed by atoms with Gasteiger partial charge in [-0.1, -0.05) is 35.9 Å². The molecule has 0 spiro atoms. The van der Waals surface area contributed by atoms with Crippen LogP contribution < -0.4 is 10.1 Å². The summed E-state index contributed by atoms with van der Waals surface area (Å²) in [5.41, 5.74) is 1.79. The Labute approximate surface area is 180 Å². The zero-order valence-electron chi connectivity index (χ0n) is 15.6. The van der Waals surface area contributed by atoms with Crippen molar-refractivity contribution in [3.05, 3.63) is 93.1 Å². The summed E-state index contributed by atoms with van der Waals surface area (Å²) in [6.07, 6.45) is 1.55. The first-order valence-corrected chi connectivity index (χ1v) is 10.2. The number of nitrogens with one attached hydrogen (secondary N) is 1. The third kappa shape index (κ3) is 5.03. The number of hydrogen-bond donors (Lipinski definition) is 1. The lowest BCUT2D eigenvalue weighted by Gasteiger charge is -2.05. The van der Waals surface area contributed by atoms with Gasteiger partial charge in [0, 0.05) is 10.6 Å². The number of amides is 1. The maximum atomic E-state index is 13.6. The van der Waals surface area contributed by atoms with Crippen LogP contribution in [0.15, 0.2) is 66.3 Å². The number of hydrogen-bond acceptors (Lipinski definition) is 5. The zero-order valence-corrected chi connectivity index (χ0v) is 17.2. The van der Waals surface area contributed by atoms with E-state index in [1.54, 1.807) is 52.8 Å². The summed E-state index contributed by atoms with van der Waals surface area (Å²) < 4.78 is 20.7. The summed E-state index contributed by atoms with van der Waals surface area (Å²) in [5.74, 6) is -0.357. The third-order valence-corrected chi connectivity index (χ3v) is 5.36. The van der Waals surface area contributed by atoms with Gasteiger partial charge in [-0.3, -0.25) is 10.1 Å². The maximum absolute atomic E-state index is 13.6. The molecule has 2 aromatic carbocycles. The number of para-hydroxylation sites is 1. The van der Waals surface area contributed by atoms with Gasteiger partial charge in [0.25, 0.3) is 5.91 Å². The van der Waals surface area contributed by atoms with Gasteiger partial charge in [0.05, 0.1) is 11.4 Å². The van der Waals surface area contributed by atoms with Crippen molar-refractivity contribution in [2.24, 2.45) is 0 Å². The molecule has 0 aliphatic heterocycles. The van der Waals surface area contributed by atoms with E-state index in [0.717, 1.165) is 11.1 Å². The Morgan fingerprint density at radius 3 is 2.77 bits per heavy atom. The lowest BCUT2D eigenvalue weighted by Crippen LogP contribution is -2.12. The highest BCUT2D eigenvalue weighted by Gasteiger charge is 2.13. The summed E-state index contributed by atoms with van der Waals surface area (Å²) in [6, 6.07) is 15.3. The Kier molecular flexibility index (Phi) is 6.06. The second kappa shape index (κ2) is 9.06. The van der Waals surface area contributed by atoms with Crippen molar-refractivity contribution in [3.63, 3.8) is 0 Å². The van der Waals surface area contributed by atoms with Crippen molar-refractivity contribution < 1.29 is 13.9 Å². The van der Waals surface area contributed by atoms with Crippen molar-refractivity contribution in [2.75, 3.05) is 5.32 Å². The number of anilines is 1. The Balaban J connectivity index is 1.34. The quantitative estimate of drug-likeness (QED) is 0.436. The van der Waals surface area contributed by atoms with Crippen LogP contribution in [0, 0.1) is 5.82 Å². The molecule has 30 heavy (non-hydrogen) atoms. The van der Waals surface area contributed by atoms with Crippen LogP contribution in [0.4, 0.5) is 10.3 Å². The molecule has 152 valence electrons. The summed E-state index contributed by atoms with van der Waals surface area (Å²) in [4.78, 5) is 17.1. The molecule has 0 bridgehead atoms. The van der Waals surface area contributed by atoms with Gasteiger partial charge in [-0.2, -0.15) is 0 Å². The normalized spacial score (nSPS) is 10.7. The average molecular weight is 443 g/mol. The Hall–Kier alpha value is -3.23.